The summed E-state index contributed by atoms with van der Waals surface area (Å²) in [5, 5.41) is 13.3. The fourth-order valence-corrected chi connectivity index (χ4v) is 5.30. The first-order valence-corrected chi connectivity index (χ1v) is 12.8. The number of rotatable bonds is 4. The summed E-state index contributed by atoms with van der Waals surface area (Å²) in [7, 11) is 0. The SMILES string of the molecule is N#CC1CCN(C(=O)N2CC(c3ccc(C(F)(F)F)cc3)CC(c3nc(Cc4ccccc4)no3)C2)CC1. The number of alkyl halides is 3. The van der Waals surface area contributed by atoms with Gasteiger partial charge in [0.1, 0.15) is 0 Å². The number of piperidine rings is 2. The first-order valence-electron chi connectivity index (χ1n) is 12.8. The van der Waals surface area contributed by atoms with Gasteiger partial charge in [0.15, 0.2) is 5.82 Å². The van der Waals surface area contributed by atoms with Gasteiger partial charge < -0.3 is 14.3 Å². The van der Waals surface area contributed by atoms with E-state index < -0.39 is 11.7 Å². The molecule has 198 valence electrons. The fourth-order valence-electron chi connectivity index (χ4n) is 5.30. The van der Waals surface area contributed by atoms with Gasteiger partial charge in [0.2, 0.25) is 5.89 Å². The Morgan fingerprint density at radius 1 is 1.00 bits per heavy atom. The van der Waals surface area contributed by atoms with Crippen molar-refractivity contribution in [2.75, 3.05) is 26.2 Å². The monoisotopic (exact) mass is 523 g/mol. The molecule has 0 N–H and O–H groups in total. The molecule has 2 saturated heterocycles. The van der Waals surface area contributed by atoms with Crippen molar-refractivity contribution < 1.29 is 22.5 Å². The summed E-state index contributed by atoms with van der Waals surface area (Å²) >= 11 is 0. The Bertz CT molecular complexity index is 1280. The van der Waals surface area contributed by atoms with E-state index >= 15 is 0 Å². The first-order chi connectivity index (χ1) is 18.3. The van der Waals surface area contributed by atoms with Crippen LogP contribution >= 0.6 is 0 Å². The van der Waals surface area contributed by atoms with E-state index in [4.69, 9.17) is 4.52 Å². The number of halogens is 3. The van der Waals surface area contributed by atoms with Crippen LogP contribution in [0.3, 0.4) is 0 Å². The standard InChI is InChI=1S/C28H28F3N5O2/c29-28(30,31)24-8-6-21(7-9-24)22-15-23(26-33-25(34-38-26)14-19-4-2-1-3-5-19)18-36(17-22)27(37)35-12-10-20(16-32)11-13-35/h1-9,20,22-23H,10-15,17-18H2. The largest absolute Gasteiger partial charge is 0.416 e. The highest BCUT2D eigenvalue weighted by atomic mass is 19.4. The maximum Gasteiger partial charge on any atom is 0.416 e. The molecule has 5 rings (SSSR count). The molecule has 0 bridgehead atoms. The van der Waals surface area contributed by atoms with Crippen molar-refractivity contribution >= 4 is 6.03 Å². The van der Waals surface area contributed by atoms with E-state index in [1.807, 2.05) is 30.3 Å². The van der Waals surface area contributed by atoms with Crippen molar-refractivity contribution in [3.63, 3.8) is 0 Å². The maximum atomic E-state index is 13.5. The van der Waals surface area contributed by atoms with Crippen LogP contribution in [-0.4, -0.2) is 52.2 Å². The molecule has 2 aromatic carbocycles. The van der Waals surface area contributed by atoms with E-state index in [-0.39, 0.29) is 23.8 Å². The Morgan fingerprint density at radius 3 is 2.34 bits per heavy atom. The zero-order valence-electron chi connectivity index (χ0n) is 20.8. The average molecular weight is 524 g/mol. The number of benzene rings is 2. The van der Waals surface area contributed by atoms with Gasteiger partial charge in [-0.3, -0.25) is 0 Å². The summed E-state index contributed by atoms with van der Waals surface area (Å²) in [5.74, 6) is 0.470. The predicted molar refractivity (Wildman–Crippen MR) is 132 cm³/mol. The number of hydrogen-bond donors (Lipinski definition) is 0. The number of amides is 2. The Labute approximate surface area is 218 Å². The molecule has 2 unspecified atom stereocenters. The topological polar surface area (TPSA) is 86.3 Å². The zero-order chi connectivity index (χ0) is 26.7. The van der Waals surface area contributed by atoms with Gasteiger partial charge in [-0.05, 0) is 42.5 Å². The smallest absolute Gasteiger partial charge is 0.339 e. The van der Waals surface area contributed by atoms with Crippen LogP contribution in [0.25, 0.3) is 0 Å². The van der Waals surface area contributed by atoms with Crippen LogP contribution in [0, 0.1) is 17.2 Å². The molecule has 2 amide bonds. The lowest BCUT2D eigenvalue weighted by Crippen LogP contribution is -2.51. The van der Waals surface area contributed by atoms with E-state index in [0.717, 1.165) is 23.3 Å². The summed E-state index contributed by atoms with van der Waals surface area (Å²) in [5.41, 5.74) is 1.07. The summed E-state index contributed by atoms with van der Waals surface area (Å²) < 4.78 is 45.0. The van der Waals surface area contributed by atoms with Crippen molar-refractivity contribution in [2.24, 2.45) is 5.92 Å². The van der Waals surface area contributed by atoms with Crippen molar-refractivity contribution in [1.29, 1.82) is 5.26 Å². The van der Waals surface area contributed by atoms with Crippen molar-refractivity contribution in [3.8, 4) is 6.07 Å². The Balaban J connectivity index is 1.37. The van der Waals surface area contributed by atoms with Crippen LogP contribution in [0.2, 0.25) is 0 Å². The highest BCUT2D eigenvalue weighted by Gasteiger charge is 2.37. The number of carbonyl (C=O) groups excluding carboxylic acids is 1. The van der Waals surface area contributed by atoms with Gasteiger partial charge >= 0.3 is 12.2 Å². The van der Waals surface area contributed by atoms with Gasteiger partial charge in [-0.25, -0.2) is 4.79 Å². The average Bonchev–Trinajstić information content (AvgIpc) is 3.41. The molecule has 2 fully saturated rings. The molecule has 2 aliphatic rings. The number of nitriles is 1. The van der Waals surface area contributed by atoms with E-state index in [2.05, 4.69) is 16.2 Å². The van der Waals surface area contributed by atoms with Crippen LogP contribution in [-0.2, 0) is 12.6 Å². The summed E-state index contributed by atoms with van der Waals surface area (Å²) in [6, 6.07) is 17.1. The van der Waals surface area contributed by atoms with Crippen molar-refractivity contribution in [2.45, 2.75) is 43.7 Å². The summed E-state index contributed by atoms with van der Waals surface area (Å²) in [6.07, 6.45) is -2.07. The van der Waals surface area contributed by atoms with Gasteiger partial charge in [-0.2, -0.15) is 23.4 Å². The second-order valence-electron chi connectivity index (χ2n) is 10.0. The maximum absolute atomic E-state index is 13.5. The minimum Gasteiger partial charge on any atom is -0.339 e. The van der Waals surface area contributed by atoms with Gasteiger partial charge in [0.05, 0.1) is 17.6 Å². The van der Waals surface area contributed by atoms with E-state index in [1.165, 1.54) is 12.1 Å². The summed E-state index contributed by atoms with van der Waals surface area (Å²) in [6.45, 7) is 1.76. The van der Waals surface area contributed by atoms with Gasteiger partial charge in [-0.1, -0.05) is 47.6 Å². The van der Waals surface area contributed by atoms with Crippen LogP contribution in [0.4, 0.5) is 18.0 Å². The molecule has 10 heteroatoms. The molecular weight excluding hydrogens is 495 g/mol. The normalized spacial score (nSPS) is 20.8. The van der Waals surface area contributed by atoms with E-state index in [0.29, 0.717) is 63.6 Å². The molecule has 2 aliphatic heterocycles. The third-order valence-corrected chi connectivity index (χ3v) is 7.42. The molecule has 0 aliphatic carbocycles. The number of urea groups is 1. The molecular formula is C28H28F3N5O2. The first kappa shape index (κ1) is 25.8. The molecule has 0 saturated carbocycles. The number of nitrogens with zero attached hydrogens (tertiary/aromatic N) is 5. The van der Waals surface area contributed by atoms with Crippen molar-refractivity contribution in [1.82, 2.24) is 19.9 Å². The Kier molecular flexibility index (Phi) is 7.36. The molecule has 7 nitrogen and oxygen atoms in total. The van der Waals surface area contributed by atoms with Crippen molar-refractivity contribution in [3.05, 3.63) is 83.0 Å². The third kappa shape index (κ3) is 5.82. The van der Waals surface area contributed by atoms with Crippen LogP contribution in [0.5, 0.6) is 0 Å². The van der Waals surface area contributed by atoms with E-state index in [9.17, 15) is 23.2 Å². The van der Waals surface area contributed by atoms with Gasteiger partial charge in [0, 0.05) is 44.4 Å². The highest BCUT2D eigenvalue weighted by molar-refractivity contribution is 5.75. The number of carbonyl (C=O) groups is 1. The summed E-state index contributed by atoms with van der Waals surface area (Å²) in [4.78, 5) is 21.6. The number of aromatic nitrogens is 2. The predicted octanol–water partition coefficient (Wildman–Crippen LogP) is 5.61. The minimum absolute atomic E-state index is 0.0468. The van der Waals surface area contributed by atoms with Gasteiger partial charge in [-0.15, -0.1) is 0 Å². The lowest BCUT2D eigenvalue weighted by atomic mass is 9.84. The second kappa shape index (κ2) is 10.9. The molecule has 1 aromatic heterocycles. The second-order valence-corrected chi connectivity index (χ2v) is 10.0. The third-order valence-electron chi connectivity index (χ3n) is 7.42. The molecule has 38 heavy (non-hydrogen) atoms. The Morgan fingerprint density at radius 2 is 1.68 bits per heavy atom. The van der Waals surface area contributed by atoms with Gasteiger partial charge in [0.25, 0.3) is 0 Å². The molecule has 0 spiro atoms. The van der Waals surface area contributed by atoms with Crippen LogP contribution in [0.1, 0.15) is 59.5 Å². The number of likely N-dealkylation sites (tertiary alicyclic amines) is 2. The molecule has 0 radical (unpaired) electrons. The zero-order valence-corrected chi connectivity index (χ0v) is 20.8. The van der Waals surface area contributed by atoms with Crippen LogP contribution in [0.15, 0.2) is 59.1 Å². The Hall–Kier alpha value is -3.87. The number of hydrogen-bond acceptors (Lipinski definition) is 5. The lowest BCUT2D eigenvalue weighted by molar-refractivity contribution is -0.137. The van der Waals surface area contributed by atoms with Crippen LogP contribution < -0.4 is 0 Å². The molecule has 2 atom stereocenters. The quantitative estimate of drug-likeness (QED) is 0.444. The fraction of sp³-hybridized carbons (Fsp3) is 0.429. The van der Waals surface area contributed by atoms with E-state index in [1.54, 1.807) is 9.80 Å². The molecule has 3 aromatic rings. The highest BCUT2D eigenvalue weighted by Crippen LogP contribution is 2.37. The minimum atomic E-state index is -4.41. The molecule has 3 heterocycles. The lowest BCUT2D eigenvalue weighted by Gasteiger charge is -2.40.